The second-order valence-electron chi connectivity index (χ2n) is 5.97. The van der Waals surface area contributed by atoms with Crippen molar-refractivity contribution in [3.05, 3.63) is 22.4 Å². The summed E-state index contributed by atoms with van der Waals surface area (Å²) in [6.45, 7) is 1.99. The number of carbonyl (C=O) groups is 2. The molecule has 6 heteroatoms. The number of nitrogens with one attached hydrogen (secondary N) is 3. The van der Waals surface area contributed by atoms with Gasteiger partial charge in [-0.1, -0.05) is 19.3 Å². The summed E-state index contributed by atoms with van der Waals surface area (Å²) in [5, 5.41) is 12.6. The highest BCUT2D eigenvalue weighted by Gasteiger charge is 2.16. The van der Waals surface area contributed by atoms with Gasteiger partial charge in [0, 0.05) is 12.1 Å². The molecule has 1 atom stereocenters. The molecule has 1 aromatic heterocycles. The molecule has 2 rings (SSSR count). The van der Waals surface area contributed by atoms with Crippen LogP contribution in [0.5, 0.6) is 0 Å². The summed E-state index contributed by atoms with van der Waals surface area (Å²) < 4.78 is 0. The molecular formula is C16H25N3O2S. The van der Waals surface area contributed by atoms with Gasteiger partial charge >= 0.3 is 6.03 Å². The minimum absolute atomic E-state index is 0.0352. The zero-order chi connectivity index (χ0) is 15.8. The van der Waals surface area contributed by atoms with Crippen molar-refractivity contribution < 1.29 is 9.59 Å². The Morgan fingerprint density at radius 3 is 2.77 bits per heavy atom. The summed E-state index contributed by atoms with van der Waals surface area (Å²) in [4.78, 5) is 23.6. The van der Waals surface area contributed by atoms with Crippen LogP contribution in [0, 0.1) is 0 Å². The Morgan fingerprint density at radius 1 is 1.32 bits per heavy atom. The Kier molecular flexibility index (Phi) is 6.71. The van der Waals surface area contributed by atoms with Gasteiger partial charge in [-0.15, -0.1) is 0 Å². The summed E-state index contributed by atoms with van der Waals surface area (Å²) in [6, 6.07) is 2.08. The third kappa shape index (κ3) is 6.05. The first kappa shape index (κ1) is 16.8. The number of urea groups is 1. The van der Waals surface area contributed by atoms with Crippen LogP contribution in [0.15, 0.2) is 16.8 Å². The van der Waals surface area contributed by atoms with Crippen LogP contribution >= 0.6 is 11.3 Å². The van der Waals surface area contributed by atoms with Gasteiger partial charge in [0.15, 0.2) is 0 Å². The highest BCUT2D eigenvalue weighted by molar-refractivity contribution is 7.07. The third-order valence-electron chi connectivity index (χ3n) is 3.88. The maximum atomic E-state index is 11.8. The summed E-state index contributed by atoms with van der Waals surface area (Å²) in [6.07, 6.45) is 6.52. The lowest BCUT2D eigenvalue weighted by Crippen LogP contribution is -2.47. The highest BCUT2D eigenvalue weighted by atomic mass is 32.1. The van der Waals surface area contributed by atoms with Gasteiger partial charge in [0.1, 0.15) is 0 Å². The van der Waals surface area contributed by atoms with E-state index in [1.807, 2.05) is 12.3 Å². The first-order valence-electron chi connectivity index (χ1n) is 7.98. The summed E-state index contributed by atoms with van der Waals surface area (Å²) in [7, 11) is 0. The van der Waals surface area contributed by atoms with Crippen molar-refractivity contribution >= 4 is 23.3 Å². The largest absolute Gasteiger partial charge is 0.352 e. The second-order valence-corrected chi connectivity index (χ2v) is 6.75. The Hall–Kier alpha value is -1.56. The van der Waals surface area contributed by atoms with Crippen molar-refractivity contribution in [2.24, 2.45) is 0 Å². The molecule has 1 saturated carbocycles. The summed E-state index contributed by atoms with van der Waals surface area (Å²) in [5.74, 6) is -0.104. The van der Waals surface area contributed by atoms with E-state index in [0.29, 0.717) is 0 Å². The highest BCUT2D eigenvalue weighted by Crippen LogP contribution is 2.17. The fourth-order valence-electron chi connectivity index (χ4n) is 2.77. The van der Waals surface area contributed by atoms with E-state index in [-0.39, 0.29) is 30.6 Å². The molecule has 1 unspecified atom stereocenters. The molecule has 0 radical (unpaired) electrons. The van der Waals surface area contributed by atoms with Crippen molar-refractivity contribution in [2.45, 2.75) is 57.5 Å². The third-order valence-corrected chi connectivity index (χ3v) is 4.61. The molecule has 5 nitrogen and oxygen atoms in total. The Bertz CT molecular complexity index is 470. The fourth-order valence-corrected chi connectivity index (χ4v) is 3.46. The normalized spacial score (nSPS) is 16.8. The van der Waals surface area contributed by atoms with Gasteiger partial charge in [-0.2, -0.15) is 11.3 Å². The van der Waals surface area contributed by atoms with E-state index < -0.39 is 0 Å². The molecule has 0 bridgehead atoms. The molecule has 1 aliphatic carbocycles. The lowest BCUT2D eigenvalue weighted by Gasteiger charge is -2.23. The lowest BCUT2D eigenvalue weighted by atomic mass is 9.95. The quantitative estimate of drug-likeness (QED) is 0.752. The number of thiophene rings is 1. The lowest BCUT2D eigenvalue weighted by molar-refractivity contribution is -0.121. The Morgan fingerprint density at radius 2 is 2.09 bits per heavy atom. The SMILES string of the molecule is CC(Cc1ccsc1)NC(=O)NCC(=O)NC1CCCCC1. The first-order chi connectivity index (χ1) is 10.6. The number of hydrogen-bond acceptors (Lipinski definition) is 3. The molecule has 3 N–H and O–H groups in total. The maximum absolute atomic E-state index is 11.8. The maximum Gasteiger partial charge on any atom is 0.315 e. The van der Waals surface area contributed by atoms with Gasteiger partial charge < -0.3 is 16.0 Å². The van der Waals surface area contributed by atoms with Gasteiger partial charge in [-0.25, -0.2) is 4.79 Å². The van der Waals surface area contributed by atoms with Crippen molar-refractivity contribution in [1.82, 2.24) is 16.0 Å². The minimum Gasteiger partial charge on any atom is -0.352 e. The average Bonchev–Trinajstić information content (AvgIpc) is 2.99. The molecule has 1 fully saturated rings. The Balaban J connectivity index is 1.61. The predicted octanol–water partition coefficient (Wildman–Crippen LogP) is 2.43. The van der Waals surface area contributed by atoms with E-state index in [4.69, 9.17) is 0 Å². The molecule has 1 aliphatic rings. The molecule has 0 aliphatic heterocycles. The van der Waals surface area contributed by atoms with Gasteiger partial charge in [-0.3, -0.25) is 4.79 Å². The van der Waals surface area contributed by atoms with Gasteiger partial charge in [0.05, 0.1) is 6.54 Å². The van der Waals surface area contributed by atoms with Crippen molar-refractivity contribution in [2.75, 3.05) is 6.54 Å². The topological polar surface area (TPSA) is 70.2 Å². The molecular weight excluding hydrogens is 298 g/mol. The average molecular weight is 323 g/mol. The standard InChI is InChI=1S/C16H25N3O2S/c1-12(9-13-7-8-22-11-13)18-16(21)17-10-15(20)19-14-5-3-2-4-6-14/h7-8,11-12,14H,2-6,9-10H2,1H3,(H,19,20)(H2,17,18,21). The van der Waals surface area contributed by atoms with Crippen LogP contribution in [-0.4, -0.2) is 30.6 Å². The number of amides is 3. The molecule has 1 aromatic rings. The Labute approximate surface area is 135 Å². The van der Waals surface area contributed by atoms with Crippen molar-refractivity contribution in [1.29, 1.82) is 0 Å². The molecule has 22 heavy (non-hydrogen) atoms. The number of carbonyl (C=O) groups excluding carboxylic acids is 2. The van der Waals surface area contributed by atoms with Gasteiger partial charge in [-0.05, 0) is 48.6 Å². The van der Waals surface area contributed by atoms with Crippen LogP contribution < -0.4 is 16.0 Å². The van der Waals surface area contributed by atoms with E-state index in [1.165, 1.54) is 24.8 Å². The molecule has 3 amide bonds. The van der Waals surface area contributed by atoms with Crippen LogP contribution in [0.4, 0.5) is 4.79 Å². The smallest absolute Gasteiger partial charge is 0.315 e. The van der Waals surface area contributed by atoms with Crippen LogP contribution in [0.2, 0.25) is 0 Å². The van der Waals surface area contributed by atoms with E-state index in [1.54, 1.807) is 11.3 Å². The van der Waals surface area contributed by atoms with Crippen LogP contribution in [0.1, 0.15) is 44.6 Å². The summed E-state index contributed by atoms with van der Waals surface area (Å²) >= 11 is 1.65. The predicted molar refractivity (Wildman–Crippen MR) is 89.0 cm³/mol. The molecule has 0 saturated heterocycles. The monoisotopic (exact) mass is 323 g/mol. The van der Waals surface area contributed by atoms with Gasteiger partial charge in [0.2, 0.25) is 5.91 Å². The zero-order valence-electron chi connectivity index (χ0n) is 13.1. The van der Waals surface area contributed by atoms with E-state index >= 15 is 0 Å². The van der Waals surface area contributed by atoms with E-state index in [2.05, 4.69) is 27.4 Å². The number of hydrogen-bond donors (Lipinski definition) is 3. The summed E-state index contributed by atoms with van der Waals surface area (Å²) in [5.41, 5.74) is 1.22. The molecule has 0 aromatic carbocycles. The van der Waals surface area contributed by atoms with Gasteiger partial charge in [0.25, 0.3) is 0 Å². The molecule has 0 spiro atoms. The zero-order valence-corrected chi connectivity index (χ0v) is 13.9. The number of rotatable bonds is 6. The minimum atomic E-state index is -0.290. The van der Waals surface area contributed by atoms with Crippen LogP contribution in [-0.2, 0) is 11.2 Å². The van der Waals surface area contributed by atoms with E-state index in [0.717, 1.165) is 19.3 Å². The molecule has 122 valence electrons. The molecule has 1 heterocycles. The van der Waals surface area contributed by atoms with Crippen LogP contribution in [0.3, 0.4) is 0 Å². The first-order valence-corrected chi connectivity index (χ1v) is 8.92. The van der Waals surface area contributed by atoms with E-state index in [9.17, 15) is 9.59 Å². The van der Waals surface area contributed by atoms with Crippen LogP contribution in [0.25, 0.3) is 0 Å². The van der Waals surface area contributed by atoms with Crippen molar-refractivity contribution in [3.63, 3.8) is 0 Å². The fraction of sp³-hybridized carbons (Fsp3) is 0.625. The van der Waals surface area contributed by atoms with Crippen molar-refractivity contribution in [3.8, 4) is 0 Å². The second kappa shape index (κ2) is 8.78.